The molecule has 0 unspecified atom stereocenters. The van der Waals surface area contributed by atoms with Gasteiger partial charge in [-0.15, -0.1) is 0 Å². The Bertz CT molecular complexity index is 294. The van der Waals surface area contributed by atoms with E-state index in [1.807, 2.05) is 0 Å². The van der Waals surface area contributed by atoms with Crippen LogP contribution in [0.2, 0.25) is 0 Å². The number of hydrogen-bond acceptors (Lipinski definition) is 2. The molecule has 0 spiro atoms. The van der Waals surface area contributed by atoms with Gasteiger partial charge in [0.25, 0.3) is 0 Å². The maximum Gasteiger partial charge on any atom is 0.223 e. The van der Waals surface area contributed by atoms with Gasteiger partial charge in [-0.1, -0.05) is 6.92 Å². The summed E-state index contributed by atoms with van der Waals surface area (Å²) in [5.74, 6) is 1.78. The molecular weight excluding hydrogens is 166 g/mol. The molecule has 0 aliphatic heterocycles. The Morgan fingerprint density at radius 2 is 2.62 bits per heavy atom. The van der Waals surface area contributed by atoms with Gasteiger partial charge in [-0.05, 0) is 12.3 Å². The quantitative estimate of drug-likeness (QED) is 0.717. The van der Waals surface area contributed by atoms with Crippen LogP contribution in [0, 0.1) is 11.8 Å². The van der Waals surface area contributed by atoms with Crippen LogP contribution in [0.1, 0.15) is 19.2 Å². The summed E-state index contributed by atoms with van der Waals surface area (Å²) in [5, 5.41) is 2.84. The maximum absolute atomic E-state index is 11.4. The molecule has 1 aromatic rings. The molecule has 0 radical (unpaired) electrons. The normalized spacial score (nSPS) is 25.6. The van der Waals surface area contributed by atoms with Crippen molar-refractivity contribution in [3.05, 3.63) is 18.2 Å². The van der Waals surface area contributed by atoms with Gasteiger partial charge in [0, 0.05) is 18.3 Å². The van der Waals surface area contributed by atoms with Crippen molar-refractivity contribution in [3.63, 3.8) is 0 Å². The number of nitrogens with zero attached hydrogens (tertiary/aromatic N) is 1. The van der Waals surface area contributed by atoms with Crippen LogP contribution in [0.25, 0.3) is 0 Å². The van der Waals surface area contributed by atoms with Crippen molar-refractivity contribution < 1.29 is 4.79 Å². The largest absolute Gasteiger partial charge is 0.349 e. The third-order valence-electron chi connectivity index (χ3n) is 2.43. The molecule has 1 aromatic heterocycles. The molecular formula is C9H13N3O. The van der Waals surface area contributed by atoms with Crippen LogP contribution in [0.3, 0.4) is 0 Å². The number of nitrogens with one attached hydrogen (secondary N) is 2. The SMILES string of the molecule is C[C@H]1C[C@@H]1C(=O)NCc1ncc[nH]1. The highest BCUT2D eigenvalue weighted by molar-refractivity contribution is 5.81. The van der Waals surface area contributed by atoms with Crippen molar-refractivity contribution in [2.45, 2.75) is 19.9 Å². The topological polar surface area (TPSA) is 57.8 Å². The minimum Gasteiger partial charge on any atom is -0.349 e. The molecule has 13 heavy (non-hydrogen) atoms. The Balaban J connectivity index is 1.77. The molecule has 2 N–H and O–H groups in total. The molecule has 70 valence electrons. The van der Waals surface area contributed by atoms with E-state index in [1.165, 1.54) is 0 Å². The average Bonchev–Trinajstić information content (AvgIpc) is 2.68. The minimum atomic E-state index is 0.156. The Hall–Kier alpha value is -1.32. The molecule has 1 aliphatic carbocycles. The van der Waals surface area contributed by atoms with E-state index in [-0.39, 0.29) is 11.8 Å². The molecule has 2 rings (SSSR count). The molecule has 1 aliphatic rings. The molecule has 1 heterocycles. The van der Waals surface area contributed by atoms with E-state index in [0.29, 0.717) is 12.5 Å². The number of carbonyl (C=O) groups excluding carboxylic acids is 1. The first kappa shape index (κ1) is 8.29. The molecule has 0 bridgehead atoms. The highest BCUT2D eigenvalue weighted by atomic mass is 16.2. The van der Waals surface area contributed by atoms with Crippen molar-refractivity contribution in [3.8, 4) is 0 Å². The van der Waals surface area contributed by atoms with E-state index in [1.54, 1.807) is 12.4 Å². The Labute approximate surface area is 76.8 Å². The number of amides is 1. The number of H-pyrrole nitrogens is 1. The Kier molecular flexibility index (Phi) is 2.04. The Morgan fingerprint density at radius 1 is 1.85 bits per heavy atom. The van der Waals surface area contributed by atoms with Crippen LogP contribution in [-0.2, 0) is 11.3 Å². The summed E-state index contributed by atoms with van der Waals surface area (Å²) < 4.78 is 0. The fourth-order valence-electron chi connectivity index (χ4n) is 1.38. The number of aromatic amines is 1. The number of hydrogen-bond donors (Lipinski definition) is 2. The number of aromatic nitrogens is 2. The first-order chi connectivity index (χ1) is 6.27. The molecule has 4 nitrogen and oxygen atoms in total. The fourth-order valence-corrected chi connectivity index (χ4v) is 1.38. The zero-order valence-corrected chi connectivity index (χ0v) is 7.58. The highest BCUT2D eigenvalue weighted by Crippen LogP contribution is 2.37. The van der Waals surface area contributed by atoms with Gasteiger partial charge in [0.1, 0.15) is 5.82 Å². The Morgan fingerprint density at radius 3 is 3.15 bits per heavy atom. The monoisotopic (exact) mass is 179 g/mol. The summed E-state index contributed by atoms with van der Waals surface area (Å²) in [5.41, 5.74) is 0. The second-order valence-electron chi connectivity index (χ2n) is 3.57. The lowest BCUT2D eigenvalue weighted by Gasteiger charge is -2.00. The van der Waals surface area contributed by atoms with Crippen molar-refractivity contribution in [1.82, 2.24) is 15.3 Å². The average molecular weight is 179 g/mol. The van der Waals surface area contributed by atoms with Crippen LogP contribution in [0.15, 0.2) is 12.4 Å². The maximum atomic E-state index is 11.4. The van der Waals surface area contributed by atoms with Gasteiger partial charge in [-0.25, -0.2) is 4.98 Å². The van der Waals surface area contributed by atoms with E-state index in [4.69, 9.17) is 0 Å². The molecule has 0 saturated heterocycles. The van der Waals surface area contributed by atoms with Crippen molar-refractivity contribution in [1.29, 1.82) is 0 Å². The summed E-state index contributed by atoms with van der Waals surface area (Å²) >= 11 is 0. The molecule has 1 fully saturated rings. The molecule has 1 amide bonds. The fraction of sp³-hybridized carbons (Fsp3) is 0.556. The number of imidazole rings is 1. The molecule has 0 aromatic carbocycles. The number of rotatable bonds is 3. The first-order valence-corrected chi connectivity index (χ1v) is 4.53. The van der Waals surface area contributed by atoms with E-state index in [2.05, 4.69) is 22.2 Å². The molecule has 4 heteroatoms. The second-order valence-corrected chi connectivity index (χ2v) is 3.57. The van der Waals surface area contributed by atoms with E-state index >= 15 is 0 Å². The summed E-state index contributed by atoms with van der Waals surface area (Å²) in [7, 11) is 0. The highest BCUT2D eigenvalue weighted by Gasteiger charge is 2.38. The van der Waals surface area contributed by atoms with Crippen molar-refractivity contribution in [2.75, 3.05) is 0 Å². The lowest BCUT2D eigenvalue weighted by atomic mass is 10.3. The van der Waals surface area contributed by atoms with E-state index in [0.717, 1.165) is 12.2 Å². The van der Waals surface area contributed by atoms with Crippen LogP contribution >= 0.6 is 0 Å². The third-order valence-corrected chi connectivity index (χ3v) is 2.43. The third kappa shape index (κ3) is 1.88. The first-order valence-electron chi connectivity index (χ1n) is 4.53. The van der Waals surface area contributed by atoms with Gasteiger partial charge >= 0.3 is 0 Å². The smallest absolute Gasteiger partial charge is 0.223 e. The summed E-state index contributed by atoms with van der Waals surface area (Å²) in [4.78, 5) is 18.3. The summed E-state index contributed by atoms with van der Waals surface area (Å²) in [6.45, 7) is 2.60. The van der Waals surface area contributed by atoms with Gasteiger partial charge in [-0.2, -0.15) is 0 Å². The zero-order valence-electron chi connectivity index (χ0n) is 7.58. The standard InChI is InChI=1S/C9H13N3O/c1-6-4-7(6)9(13)12-5-8-10-2-3-11-8/h2-3,6-7H,4-5H2,1H3,(H,10,11)(H,12,13)/t6-,7-/m0/s1. The minimum absolute atomic E-state index is 0.156. The molecule has 2 atom stereocenters. The van der Waals surface area contributed by atoms with Crippen molar-refractivity contribution >= 4 is 5.91 Å². The summed E-state index contributed by atoms with van der Waals surface area (Å²) in [6.07, 6.45) is 4.46. The van der Waals surface area contributed by atoms with Gasteiger partial charge in [0.05, 0.1) is 6.54 Å². The van der Waals surface area contributed by atoms with Crippen LogP contribution < -0.4 is 5.32 Å². The second kappa shape index (κ2) is 3.20. The van der Waals surface area contributed by atoms with Gasteiger partial charge < -0.3 is 10.3 Å². The predicted molar refractivity (Wildman–Crippen MR) is 47.7 cm³/mol. The van der Waals surface area contributed by atoms with Crippen molar-refractivity contribution in [2.24, 2.45) is 11.8 Å². The van der Waals surface area contributed by atoms with Gasteiger partial charge in [-0.3, -0.25) is 4.79 Å². The van der Waals surface area contributed by atoms with Gasteiger partial charge in [0.2, 0.25) is 5.91 Å². The van der Waals surface area contributed by atoms with Crippen LogP contribution in [0.5, 0.6) is 0 Å². The lowest BCUT2D eigenvalue weighted by Crippen LogP contribution is -2.25. The van der Waals surface area contributed by atoms with Gasteiger partial charge in [0.15, 0.2) is 0 Å². The van der Waals surface area contributed by atoms with Crippen LogP contribution in [-0.4, -0.2) is 15.9 Å². The van der Waals surface area contributed by atoms with Crippen LogP contribution in [0.4, 0.5) is 0 Å². The molecule has 1 saturated carbocycles. The van der Waals surface area contributed by atoms with E-state index in [9.17, 15) is 4.79 Å². The number of carbonyl (C=O) groups is 1. The lowest BCUT2D eigenvalue weighted by molar-refractivity contribution is -0.122. The summed E-state index contributed by atoms with van der Waals surface area (Å²) in [6, 6.07) is 0. The predicted octanol–water partition coefficient (Wildman–Crippen LogP) is 0.682. The zero-order chi connectivity index (χ0) is 9.26. The van der Waals surface area contributed by atoms with E-state index < -0.39 is 0 Å².